The first-order chi connectivity index (χ1) is 18.4. The van der Waals surface area contributed by atoms with Gasteiger partial charge in [-0.2, -0.15) is 0 Å². The van der Waals surface area contributed by atoms with Gasteiger partial charge in [0.1, 0.15) is 18.8 Å². The van der Waals surface area contributed by atoms with Crippen LogP contribution in [0.4, 0.5) is 10.5 Å². The van der Waals surface area contributed by atoms with Crippen LogP contribution in [0.3, 0.4) is 0 Å². The fourth-order valence-corrected chi connectivity index (χ4v) is 5.70. The number of nitrogens with one attached hydrogen (secondary N) is 1. The van der Waals surface area contributed by atoms with E-state index in [9.17, 15) is 18.9 Å². The molecule has 0 bridgehead atoms. The number of anilines is 1. The number of hydrogen-bond acceptors (Lipinski definition) is 8. The highest BCUT2D eigenvalue weighted by Crippen LogP contribution is 2.49. The average molecular weight is 559 g/mol. The van der Waals surface area contributed by atoms with Crippen LogP contribution in [0.25, 0.3) is 10.9 Å². The van der Waals surface area contributed by atoms with Gasteiger partial charge in [-0.05, 0) is 59.2 Å². The molecule has 0 saturated heterocycles. The number of ketones is 1. The number of aromatic nitrogens is 1. The molecule has 0 radical (unpaired) electrons. The normalized spacial score (nSPS) is 11.8. The summed E-state index contributed by atoms with van der Waals surface area (Å²) in [4.78, 5) is 38.0. The summed E-state index contributed by atoms with van der Waals surface area (Å²) in [5, 5.41) is 3.13. The van der Waals surface area contributed by atoms with Gasteiger partial charge in [-0.3, -0.25) is 19.5 Å². The van der Waals surface area contributed by atoms with Crippen molar-refractivity contribution in [1.82, 2.24) is 4.57 Å². The van der Waals surface area contributed by atoms with E-state index in [1.807, 2.05) is 30.3 Å². The van der Waals surface area contributed by atoms with Gasteiger partial charge in [0.15, 0.2) is 5.78 Å². The Bertz CT molecular complexity index is 1380. The van der Waals surface area contributed by atoms with Gasteiger partial charge >= 0.3 is 19.7 Å². The van der Waals surface area contributed by atoms with Crippen molar-refractivity contribution in [3.8, 4) is 0 Å². The predicted octanol–water partition coefficient (Wildman–Crippen LogP) is 5.83. The average Bonchev–Trinajstić information content (AvgIpc) is 3.19. The van der Waals surface area contributed by atoms with Crippen molar-refractivity contribution in [3.63, 3.8) is 0 Å². The second-order valence-corrected chi connectivity index (χ2v) is 11.7. The Labute approximate surface area is 228 Å². The van der Waals surface area contributed by atoms with Crippen LogP contribution in [0.15, 0.2) is 48.7 Å². The lowest BCUT2D eigenvalue weighted by molar-refractivity contribution is -0.155. The number of carbonyl (C=O) groups is 3. The molecule has 3 rings (SSSR count). The monoisotopic (exact) mass is 558 g/mol. The molecule has 0 aliphatic rings. The van der Waals surface area contributed by atoms with Crippen LogP contribution in [-0.4, -0.2) is 41.2 Å². The maximum atomic E-state index is 13.9. The zero-order valence-electron chi connectivity index (χ0n) is 23.1. The third-order valence-corrected chi connectivity index (χ3v) is 7.60. The molecule has 0 saturated carbocycles. The number of rotatable bonds is 11. The molecule has 1 aromatic heterocycles. The van der Waals surface area contributed by atoms with Gasteiger partial charge in [0.2, 0.25) is 0 Å². The number of amides is 1. The van der Waals surface area contributed by atoms with E-state index in [-0.39, 0.29) is 43.1 Å². The number of benzene rings is 2. The fraction of sp³-hybridized carbons (Fsp3) is 0.393. The van der Waals surface area contributed by atoms with Crippen molar-refractivity contribution in [2.45, 2.75) is 60.3 Å². The highest BCUT2D eigenvalue weighted by molar-refractivity contribution is 7.62. The molecule has 0 atom stereocenters. The molecule has 3 aromatic rings. The summed E-state index contributed by atoms with van der Waals surface area (Å²) in [6.45, 7) is 9.99. The van der Waals surface area contributed by atoms with E-state index in [2.05, 4.69) is 5.32 Å². The Kier molecular flexibility index (Phi) is 9.72. The summed E-state index contributed by atoms with van der Waals surface area (Å²) < 4.78 is 37.3. The molecule has 0 aliphatic carbocycles. The first-order valence-corrected chi connectivity index (χ1v) is 14.2. The van der Waals surface area contributed by atoms with E-state index >= 15 is 0 Å². The van der Waals surface area contributed by atoms with Gasteiger partial charge in [-0.1, -0.05) is 30.3 Å². The van der Waals surface area contributed by atoms with Crippen LogP contribution in [0.2, 0.25) is 0 Å². The topological polar surface area (TPSA) is 122 Å². The van der Waals surface area contributed by atoms with Crippen molar-refractivity contribution in [1.29, 1.82) is 0 Å². The molecular weight excluding hydrogens is 523 g/mol. The van der Waals surface area contributed by atoms with Crippen LogP contribution in [0.5, 0.6) is 0 Å². The molecule has 39 heavy (non-hydrogen) atoms. The Morgan fingerprint density at radius 2 is 1.64 bits per heavy atom. The summed E-state index contributed by atoms with van der Waals surface area (Å²) >= 11 is 0. The Morgan fingerprint density at radius 3 is 2.21 bits per heavy atom. The molecule has 0 fully saturated rings. The summed E-state index contributed by atoms with van der Waals surface area (Å²) in [5.41, 5.74) is 0.924. The lowest BCUT2D eigenvalue weighted by atomic mass is 10.1. The van der Waals surface area contributed by atoms with E-state index in [1.165, 1.54) is 25.3 Å². The molecule has 0 unspecified atom stereocenters. The minimum Gasteiger partial charge on any atom is -0.459 e. The van der Waals surface area contributed by atoms with Crippen LogP contribution in [-0.2, 0) is 41.0 Å². The number of carbonyl (C=O) groups excluding carboxylic acids is 3. The highest BCUT2D eigenvalue weighted by atomic mass is 31.2. The molecule has 2 aromatic carbocycles. The van der Waals surface area contributed by atoms with Crippen LogP contribution >= 0.6 is 7.60 Å². The molecule has 210 valence electrons. The number of fused-ring (bicyclic) bond motifs is 1. The van der Waals surface area contributed by atoms with Crippen molar-refractivity contribution < 1.29 is 37.5 Å². The SMILES string of the molecule is CCOP(=O)(OCC)c1cc2c(C(C)=O)cn(CC(=O)OC(C)(C)C)c2cc1NC(=O)OCc1ccccc1. The number of esters is 1. The third-order valence-electron chi connectivity index (χ3n) is 5.44. The number of Topliss-reactive ketones (excluding diaryl/α,β-unsaturated/α-hetero) is 1. The Balaban J connectivity index is 2.11. The van der Waals surface area contributed by atoms with E-state index < -0.39 is 25.3 Å². The van der Waals surface area contributed by atoms with Crippen LogP contribution < -0.4 is 10.6 Å². The van der Waals surface area contributed by atoms with Gasteiger partial charge < -0.3 is 23.1 Å². The Morgan fingerprint density at radius 1 is 1.00 bits per heavy atom. The minimum atomic E-state index is -3.93. The predicted molar refractivity (Wildman–Crippen MR) is 149 cm³/mol. The zero-order chi connectivity index (χ0) is 28.8. The number of hydrogen-bond donors (Lipinski definition) is 1. The largest absolute Gasteiger partial charge is 0.459 e. The van der Waals surface area contributed by atoms with Crippen molar-refractivity contribution in [2.75, 3.05) is 18.5 Å². The Hall–Kier alpha value is -3.46. The molecule has 10 nitrogen and oxygen atoms in total. The smallest absolute Gasteiger partial charge is 0.411 e. The molecule has 11 heteroatoms. The lowest BCUT2D eigenvalue weighted by Crippen LogP contribution is -2.26. The zero-order valence-corrected chi connectivity index (χ0v) is 24.0. The summed E-state index contributed by atoms with van der Waals surface area (Å²) in [7, 11) is -3.93. The molecule has 1 amide bonds. The number of ether oxygens (including phenoxy) is 2. The number of nitrogens with zero attached hydrogens (tertiary/aromatic N) is 1. The molecule has 1 heterocycles. The first kappa shape index (κ1) is 30.1. The summed E-state index contributed by atoms with van der Waals surface area (Å²) in [5.74, 6) is -0.774. The van der Waals surface area contributed by atoms with E-state index in [1.54, 1.807) is 39.2 Å². The van der Waals surface area contributed by atoms with Crippen LogP contribution in [0, 0.1) is 0 Å². The quantitative estimate of drug-likeness (QED) is 0.177. The van der Waals surface area contributed by atoms with Gasteiger partial charge in [-0.15, -0.1) is 0 Å². The second kappa shape index (κ2) is 12.6. The van der Waals surface area contributed by atoms with Gasteiger partial charge in [-0.25, -0.2) is 4.79 Å². The first-order valence-electron chi connectivity index (χ1n) is 12.6. The summed E-state index contributed by atoms with van der Waals surface area (Å²) in [6.07, 6.45) is 0.737. The van der Waals surface area contributed by atoms with Gasteiger partial charge in [0, 0.05) is 17.1 Å². The highest BCUT2D eigenvalue weighted by Gasteiger charge is 2.32. The fourth-order valence-electron chi connectivity index (χ4n) is 3.96. The lowest BCUT2D eigenvalue weighted by Gasteiger charge is -2.21. The third kappa shape index (κ3) is 7.79. The van der Waals surface area contributed by atoms with Crippen molar-refractivity contribution in [2.24, 2.45) is 0 Å². The van der Waals surface area contributed by atoms with Crippen molar-refractivity contribution in [3.05, 3.63) is 59.8 Å². The van der Waals surface area contributed by atoms with E-state index in [0.717, 1.165) is 5.56 Å². The second-order valence-electron chi connectivity index (χ2n) is 9.72. The van der Waals surface area contributed by atoms with Crippen LogP contribution in [0.1, 0.15) is 57.5 Å². The van der Waals surface area contributed by atoms with E-state index in [4.69, 9.17) is 18.5 Å². The van der Waals surface area contributed by atoms with Gasteiger partial charge in [0.05, 0.1) is 29.7 Å². The van der Waals surface area contributed by atoms with Gasteiger partial charge in [0.25, 0.3) is 0 Å². The molecular formula is C28H35N2O8P. The van der Waals surface area contributed by atoms with E-state index in [0.29, 0.717) is 16.5 Å². The standard InChI is InChI=1S/C28H35N2O8P/c1-7-36-39(34,37-8-2)25-14-21-22(19(3)31)16-30(17-26(32)38-28(4,5)6)24(21)15-23(25)29-27(33)35-18-20-12-10-9-11-13-20/h9-16H,7-8,17-18H2,1-6H3,(H,29,33). The summed E-state index contributed by atoms with van der Waals surface area (Å²) in [6, 6.07) is 12.2. The van der Waals surface area contributed by atoms with Crippen molar-refractivity contribution >= 4 is 47.3 Å². The minimum absolute atomic E-state index is 0.0162. The maximum Gasteiger partial charge on any atom is 0.411 e. The molecule has 0 aliphatic heterocycles. The maximum absolute atomic E-state index is 13.9. The molecule has 0 spiro atoms. The molecule has 1 N–H and O–H groups in total.